The summed E-state index contributed by atoms with van der Waals surface area (Å²) in [6.07, 6.45) is 0. The molecule has 2 heterocycles. The van der Waals surface area contributed by atoms with Crippen LogP contribution in [0.5, 0.6) is 5.75 Å². The van der Waals surface area contributed by atoms with Gasteiger partial charge in [-0.15, -0.1) is 4.98 Å². The zero-order chi connectivity index (χ0) is 20.0. The van der Waals surface area contributed by atoms with Crippen molar-refractivity contribution in [2.45, 2.75) is 20.8 Å². The van der Waals surface area contributed by atoms with Crippen molar-refractivity contribution in [3.05, 3.63) is 51.6 Å². The maximum absolute atomic E-state index is 14.5. The van der Waals surface area contributed by atoms with Gasteiger partial charge in [-0.05, 0) is 26.3 Å². The van der Waals surface area contributed by atoms with E-state index in [1.165, 1.54) is 17.7 Å². The summed E-state index contributed by atoms with van der Waals surface area (Å²) in [6.45, 7) is 12.4. The van der Waals surface area contributed by atoms with E-state index in [9.17, 15) is 9.18 Å². The van der Waals surface area contributed by atoms with E-state index in [0.717, 1.165) is 0 Å². The molecule has 0 unspecified atom stereocenters. The summed E-state index contributed by atoms with van der Waals surface area (Å²) in [5.41, 5.74) is 14.0. The second-order valence-corrected chi connectivity index (χ2v) is 6.23. The lowest BCUT2D eigenvalue weighted by Gasteiger charge is -2.16. The van der Waals surface area contributed by atoms with E-state index in [1.54, 1.807) is 26.8 Å². The molecule has 4 N–H and O–H groups in total. The van der Waals surface area contributed by atoms with Gasteiger partial charge in [0.05, 0.1) is 23.7 Å². The van der Waals surface area contributed by atoms with Gasteiger partial charge in [0, 0.05) is 17.2 Å². The minimum Gasteiger partial charge on any atom is -0.496 e. The van der Waals surface area contributed by atoms with E-state index in [-0.39, 0.29) is 22.8 Å². The van der Waals surface area contributed by atoms with Gasteiger partial charge in [-0.25, -0.2) is 4.39 Å². The first-order chi connectivity index (χ1) is 12.7. The lowest BCUT2D eigenvalue weighted by Crippen LogP contribution is -2.14. The molecule has 8 heteroatoms. The third-order valence-electron chi connectivity index (χ3n) is 4.64. The third-order valence-corrected chi connectivity index (χ3v) is 4.64. The first kappa shape index (κ1) is 18.2. The lowest BCUT2D eigenvalue weighted by atomic mass is 10.1. The first-order valence-corrected chi connectivity index (χ1v) is 8.05. The Bertz CT molecular complexity index is 1160. The highest BCUT2D eigenvalue weighted by Gasteiger charge is 2.27. The minimum atomic E-state index is -0.730. The number of carbonyl (C=O) groups excluding carboxylic acids is 1. The number of aryl methyl sites for hydroxylation is 1. The van der Waals surface area contributed by atoms with Gasteiger partial charge in [0.25, 0.3) is 11.7 Å². The van der Waals surface area contributed by atoms with E-state index >= 15 is 0 Å². The van der Waals surface area contributed by atoms with Crippen molar-refractivity contribution >= 4 is 28.6 Å². The fourth-order valence-electron chi connectivity index (χ4n) is 3.30. The number of nitrogen functional groups attached to an aromatic ring is 1. The zero-order valence-electron chi connectivity index (χ0n) is 15.3. The van der Waals surface area contributed by atoms with Crippen molar-refractivity contribution in [1.29, 1.82) is 0 Å². The number of carbonyl (C=O) groups is 1. The van der Waals surface area contributed by atoms with Crippen LogP contribution in [-0.2, 0) is 0 Å². The molecule has 0 radical (unpaired) electrons. The van der Waals surface area contributed by atoms with Crippen LogP contribution < -0.4 is 16.2 Å². The number of halogens is 1. The molecule has 7 nitrogen and oxygen atoms in total. The second kappa shape index (κ2) is 6.29. The topological polar surface area (TPSA) is 101 Å². The SMILES string of the molecule is [C-]#[N+]c1nc2c(cc1C)c(C(N)=O)c(N)n2-c1c(C)c(F)cc(OC)c1C. The number of nitrogens with two attached hydrogens (primary N) is 2. The van der Waals surface area contributed by atoms with E-state index in [1.807, 2.05) is 0 Å². The number of aromatic nitrogens is 2. The van der Waals surface area contributed by atoms with Gasteiger partial charge in [-0.1, -0.05) is 12.6 Å². The molecule has 0 fully saturated rings. The molecule has 0 aliphatic heterocycles. The monoisotopic (exact) mass is 367 g/mol. The molecule has 0 saturated carbocycles. The smallest absolute Gasteiger partial charge is 0.274 e. The number of anilines is 1. The Kier molecular flexibility index (Phi) is 4.24. The fraction of sp³-hybridized carbons (Fsp3) is 0.211. The molecule has 0 spiro atoms. The van der Waals surface area contributed by atoms with Crippen LogP contribution in [0.25, 0.3) is 21.6 Å². The molecule has 0 bridgehead atoms. The highest BCUT2D eigenvalue weighted by atomic mass is 19.1. The number of fused-ring (bicyclic) bond motifs is 1. The molecule has 27 heavy (non-hydrogen) atoms. The molecule has 0 atom stereocenters. The largest absolute Gasteiger partial charge is 0.496 e. The number of methoxy groups -OCH3 is 1. The van der Waals surface area contributed by atoms with Crippen LogP contribution in [0.2, 0.25) is 0 Å². The number of hydrogen-bond acceptors (Lipinski definition) is 4. The van der Waals surface area contributed by atoms with Gasteiger partial charge in [-0.3, -0.25) is 9.36 Å². The molecule has 2 aromatic heterocycles. The van der Waals surface area contributed by atoms with Crippen LogP contribution in [0.15, 0.2) is 12.1 Å². The van der Waals surface area contributed by atoms with Gasteiger partial charge in [0.1, 0.15) is 17.4 Å². The number of amides is 1. The Hall–Kier alpha value is -3.60. The van der Waals surface area contributed by atoms with Crippen LogP contribution >= 0.6 is 0 Å². The fourth-order valence-corrected chi connectivity index (χ4v) is 3.30. The average molecular weight is 367 g/mol. The molecule has 3 rings (SSSR count). The molecule has 0 aliphatic carbocycles. The van der Waals surface area contributed by atoms with E-state index in [4.69, 9.17) is 22.8 Å². The predicted octanol–water partition coefficient (Wildman–Crippen LogP) is 3.33. The highest BCUT2D eigenvalue weighted by molar-refractivity contribution is 6.11. The maximum atomic E-state index is 14.5. The molecule has 138 valence electrons. The van der Waals surface area contributed by atoms with Crippen LogP contribution in [-0.4, -0.2) is 22.6 Å². The summed E-state index contributed by atoms with van der Waals surface area (Å²) in [4.78, 5) is 19.8. The van der Waals surface area contributed by atoms with Gasteiger partial charge in [-0.2, -0.15) is 0 Å². The van der Waals surface area contributed by atoms with Crippen molar-refractivity contribution in [1.82, 2.24) is 9.55 Å². The summed E-state index contributed by atoms with van der Waals surface area (Å²) in [5, 5.41) is 0.409. The van der Waals surface area contributed by atoms with Crippen LogP contribution in [0, 0.1) is 33.2 Å². The maximum Gasteiger partial charge on any atom is 0.274 e. The molecular formula is C19H18FN5O2. The van der Waals surface area contributed by atoms with Crippen molar-refractivity contribution < 1.29 is 13.9 Å². The highest BCUT2D eigenvalue weighted by Crippen LogP contribution is 2.38. The van der Waals surface area contributed by atoms with Crippen molar-refractivity contribution in [2.75, 3.05) is 12.8 Å². The minimum absolute atomic E-state index is 0.0328. The van der Waals surface area contributed by atoms with Crippen molar-refractivity contribution in [3.8, 4) is 11.4 Å². The molecular weight excluding hydrogens is 349 g/mol. The van der Waals surface area contributed by atoms with Crippen LogP contribution in [0.4, 0.5) is 16.0 Å². The molecule has 3 aromatic rings. The van der Waals surface area contributed by atoms with Crippen LogP contribution in [0.1, 0.15) is 27.0 Å². The second-order valence-electron chi connectivity index (χ2n) is 6.23. The standard InChI is InChI=1S/C19H18FN5O2/c1-8-6-11-14(17(22)26)16(21)25(19(11)24-18(8)23-4)15-9(2)12(20)7-13(27-5)10(15)3/h6-7H,21H2,1-3,5H3,(H2,22,26). The molecule has 1 aromatic carbocycles. The van der Waals surface area contributed by atoms with Gasteiger partial charge in [0.2, 0.25) is 5.65 Å². The van der Waals surface area contributed by atoms with Gasteiger partial charge in [0.15, 0.2) is 0 Å². The Morgan fingerprint density at radius 1 is 1.30 bits per heavy atom. The Morgan fingerprint density at radius 2 is 1.96 bits per heavy atom. The number of rotatable bonds is 3. The predicted molar refractivity (Wildman–Crippen MR) is 101 cm³/mol. The first-order valence-electron chi connectivity index (χ1n) is 8.05. The molecule has 0 saturated heterocycles. The van der Waals surface area contributed by atoms with E-state index < -0.39 is 11.7 Å². The van der Waals surface area contributed by atoms with Gasteiger partial charge >= 0.3 is 0 Å². The number of primary amides is 1. The summed E-state index contributed by atoms with van der Waals surface area (Å²) in [5.74, 6) is -0.702. The van der Waals surface area contributed by atoms with Crippen molar-refractivity contribution in [2.24, 2.45) is 5.73 Å². The molecule has 0 aliphatic rings. The van der Waals surface area contributed by atoms with Crippen LogP contribution in [0.3, 0.4) is 0 Å². The zero-order valence-corrected chi connectivity index (χ0v) is 15.3. The number of nitrogens with zero attached hydrogens (tertiary/aromatic N) is 3. The number of pyridine rings is 1. The number of benzene rings is 1. The Balaban J connectivity index is 2.58. The summed E-state index contributed by atoms with van der Waals surface area (Å²) in [6, 6.07) is 2.93. The quantitative estimate of drug-likeness (QED) is 0.693. The van der Waals surface area contributed by atoms with E-state index in [0.29, 0.717) is 33.5 Å². The normalized spacial score (nSPS) is 10.8. The molecule has 1 amide bonds. The van der Waals surface area contributed by atoms with E-state index in [2.05, 4.69) is 9.83 Å². The lowest BCUT2D eigenvalue weighted by molar-refractivity contribution is 0.100. The van der Waals surface area contributed by atoms with Crippen molar-refractivity contribution in [3.63, 3.8) is 0 Å². The number of hydrogen-bond donors (Lipinski definition) is 2. The Labute approximate surface area is 155 Å². The Morgan fingerprint density at radius 3 is 2.52 bits per heavy atom. The summed E-state index contributed by atoms with van der Waals surface area (Å²) < 4.78 is 21.2. The third kappa shape index (κ3) is 2.56. The summed E-state index contributed by atoms with van der Waals surface area (Å²) in [7, 11) is 1.44. The number of ether oxygens (including phenoxy) is 1. The average Bonchev–Trinajstić information content (AvgIpc) is 2.89. The van der Waals surface area contributed by atoms with Gasteiger partial charge < -0.3 is 21.0 Å². The summed E-state index contributed by atoms with van der Waals surface area (Å²) >= 11 is 0.